The molecule has 3 heteroatoms. The molecule has 0 aliphatic carbocycles. The number of nitrogens with one attached hydrogen (secondary N) is 1. The summed E-state index contributed by atoms with van der Waals surface area (Å²) >= 11 is 0. The molecule has 1 nitrogen and oxygen atoms in total. The van der Waals surface area contributed by atoms with Gasteiger partial charge < -0.3 is 4.98 Å². The molecule has 0 saturated carbocycles. The van der Waals surface area contributed by atoms with Crippen molar-refractivity contribution in [3.63, 3.8) is 0 Å². The monoisotopic (exact) mass is 175 g/mol. The van der Waals surface area contributed by atoms with Crippen LogP contribution in [0.15, 0.2) is 0 Å². The van der Waals surface area contributed by atoms with Crippen molar-refractivity contribution in [1.82, 2.24) is 4.98 Å². The highest BCUT2D eigenvalue weighted by Gasteiger charge is 2.18. The zero-order valence-electron chi connectivity index (χ0n) is 8.21. The van der Waals surface area contributed by atoms with Gasteiger partial charge in [-0.2, -0.15) is 0 Å². The fourth-order valence-corrected chi connectivity index (χ4v) is 4.77. The summed E-state index contributed by atoms with van der Waals surface area (Å²) in [5.74, 6) is 0. The predicted molar refractivity (Wildman–Crippen MR) is 54.7 cm³/mol. The molecular weight excluding hydrogens is 154 g/mol. The Morgan fingerprint density at radius 3 is 1.40 bits per heavy atom. The maximum absolute atomic E-state index is 3.66. The first kappa shape index (κ1) is 10.4. The molecule has 0 rings (SSSR count). The van der Waals surface area contributed by atoms with Crippen LogP contribution >= 0.6 is 0 Å². The van der Waals surface area contributed by atoms with Crippen molar-refractivity contribution in [3.05, 3.63) is 0 Å². The Labute approximate surface area is 67.3 Å². The van der Waals surface area contributed by atoms with Crippen molar-refractivity contribution in [3.8, 4) is 0 Å². The smallest absolute Gasteiger partial charge is 0.116 e. The second kappa shape index (κ2) is 3.19. The van der Waals surface area contributed by atoms with Gasteiger partial charge in [0.05, 0.1) is 8.07 Å². The van der Waals surface area contributed by atoms with Crippen molar-refractivity contribution in [2.24, 2.45) is 0 Å². The number of rotatable bonds is 3. The molecule has 0 bridgehead atoms. The van der Waals surface area contributed by atoms with Gasteiger partial charge >= 0.3 is 0 Å². The van der Waals surface area contributed by atoms with E-state index in [9.17, 15) is 0 Å². The van der Waals surface area contributed by atoms with Crippen LogP contribution in [-0.2, 0) is 0 Å². The standard InChI is InChI=1S/C7H21NSi2/c1-9(2,3)7-8-10(4,5)6/h8H,7H2,1-6H3. The molecule has 1 N–H and O–H groups in total. The summed E-state index contributed by atoms with van der Waals surface area (Å²) in [5.41, 5.74) is 0. The van der Waals surface area contributed by atoms with Crippen LogP contribution in [0.1, 0.15) is 0 Å². The van der Waals surface area contributed by atoms with Gasteiger partial charge in [0.1, 0.15) is 8.24 Å². The van der Waals surface area contributed by atoms with E-state index < -0.39 is 16.3 Å². The van der Waals surface area contributed by atoms with Crippen LogP contribution < -0.4 is 4.98 Å². The van der Waals surface area contributed by atoms with E-state index in [4.69, 9.17) is 0 Å². The average Bonchev–Trinajstić information content (AvgIpc) is 1.57. The lowest BCUT2D eigenvalue weighted by Gasteiger charge is -2.24. The Morgan fingerprint density at radius 2 is 1.30 bits per heavy atom. The third kappa shape index (κ3) is 8.39. The highest BCUT2D eigenvalue weighted by atomic mass is 28.3. The molecule has 0 fully saturated rings. The van der Waals surface area contributed by atoms with E-state index in [2.05, 4.69) is 44.3 Å². The van der Waals surface area contributed by atoms with Crippen LogP contribution in [0.25, 0.3) is 0 Å². The van der Waals surface area contributed by atoms with Gasteiger partial charge in [-0.15, -0.1) is 0 Å². The minimum Gasteiger partial charge on any atom is -0.340 e. The molecule has 62 valence electrons. The summed E-state index contributed by atoms with van der Waals surface area (Å²) in [4.78, 5) is 3.66. The molecule has 0 aliphatic rings. The van der Waals surface area contributed by atoms with Crippen LogP contribution in [-0.4, -0.2) is 22.5 Å². The molecule has 0 aliphatic heterocycles. The summed E-state index contributed by atoms with van der Waals surface area (Å²) in [6.45, 7) is 14.3. The van der Waals surface area contributed by atoms with E-state index in [1.54, 1.807) is 0 Å². The van der Waals surface area contributed by atoms with E-state index in [0.29, 0.717) is 0 Å². The van der Waals surface area contributed by atoms with Crippen LogP contribution in [0.3, 0.4) is 0 Å². The average molecular weight is 175 g/mol. The minimum atomic E-state index is -0.982. The van der Waals surface area contributed by atoms with Gasteiger partial charge in [-0.1, -0.05) is 39.3 Å². The second-order valence-corrected chi connectivity index (χ2v) is 15.5. The second-order valence-electron chi connectivity index (χ2n) is 5.16. The van der Waals surface area contributed by atoms with Crippen LogP contribution in [0, 0.1) is 0 Å². The maximum Gasteiger partial charge on any atom is 0.116 e. The lowest BCUT2D eigenvalue weighted by atomic mass is 11.5. The highest BCUT2D eigenvalue weighted by molar-refractivity contribution is 6.79. The van der Waals surface area contributed by atoms with Crippen molar-refractivity contribution in [2.45, 2.75) is 39.3 Å². The Balaban J connectivity index is 3.56. The Kier molecular flexibility index (Phi) is 3.32. The summed E-state index contributed by atoms with van der Waals surface area (Å²) in [6.07, 6.45) is 1.28. The molecule has 0 amide bonds. The predicted octanol–water partition coefficient (Wildman–Crippen LogP) is 2.29. The molecular formula is C7H21NSi2. The zero-order chi connectivity index (χ0) is 8.41. The Hall–Kier alpha value is 0.394. The molecule has 0 aromatic carbocycles. The van der Waals surface area contributed by atoms with Gasteiger partial charge in [0.25, 0.3) is 0 Å². The van der Waals surface area contributed by atoms with Gasteiger partial charge in [0.15, 0.2) is 0 Å². The molecule has 0 aromatic heterocycles. The van der Waals surface area contributed by atoms with Gasteiger partial charge in [0, 0.05) is 0 Å². The van der Waals surface area contributed by atoms with E-state index in [1.165, 1.54) is 6.17 Å². The largest absolute Gasteiger partial charge is 0.340 e. The fourth-order valence-electron chi connectivity index (χ4n) is 0.530. The molecule has 0 spiro atoms. The van der Waals surface area contributed by atoms with Gasteiger partial charge in [-0.25, -0.2) is 0 Å². The SMILES string of the molecule is C[Si](C)(C)CN[Si](C)(C)C. The first-order valence-corrected chi connectivity index (χ1v) is 11.2. The Morgan fingerprint density at radius 1 is 0.900 bits per heavy atom. The number of hydrogen-bond acceptors (Lipinski definition) is 1. The first-order valence-electron chi connectivity index (χ1n) is 3.96. The number of hydrogen-bond donors (Lipinski definition) is 1. The highest BCUT2D eigenvalue weighted by Crippen LogP contribution is 2.01. The van der Waals surface area contributed by atoms with Crippen molar-refractivity contribution in [1.29, 1.82) is 0 Å². The zero-order valence-corrected chi connectivity index (χ0v) is 10.2. The molecule has 0 aromatic rings. The van der Waals surface area contributed by atoms with Crippen molar-refractivity contribution >= 4 is 16.3 Å². The molecule has 0 radical (unpaired) electrons. The quantitative estimate of drug-likeness (QED) is 0.649. The third-order valence-electron chi connectivity index (χ3n) is 1.15. The summed E-state index contributed by atoms with van der Waals surface area (Å²) in [5, 5.41) is 0. The molecule has 0 heterocycles. The fraction of sp³-hybridized carbons (Fsp3) is 1.00. The van der Waals surface area contributed by atoms with Crippen LogP contribution in [0.4, 0.5) is 0 Å². The van der Waals surface area contributed by atoms with Gasteiger partial charge in [0.2, 0.25) is 0 Å². The summed E-state index contributed by atoms with van der Waals surface area (Å²) in [6, 6.07) is 0. The molecule has 0 saturated heterocycles. The topological polar surface area (TPSA) is 12.0 Å². The summed E-state index contributed by atoms with van der Waals surface area (Å²) < 4.78 is 0. The van der Waals surface area contributed by atoms with E-state index in [-0.39, 0.29) is 0 Å². The van der Waals surface area contributed by atoms with E-state index in [1.807, 2.05) is 0 Å². The first-order chi connectivity index (χ1) is 4.21. The van der Waals surface area contributed by atoms with Crippen molar-refractivity contribution in [2.75, 3.05) is 6.17 Å². The minimum absolute atomic E-state index is 0.843. The van der Waals surface area contributed by atoms with E-state index >= 15 is 0 Å². The third-order valence-corrected chi connectivity index (χ3v) is 3.98. The van der Waals surface area contributed by atoms with Crippen LogP contribution in [0.2, 0.25) is 39.3 Å². The molecule has 0 atom stereocenters. The Bertz CT molecular complexity index is 85.2. The van der Waals surface area contributed by atoms with E-state index in [0.717, 1.165) is 0 Å². The van der Waals surface area contributed by atoms with Crippen molar-refractivity contribution < 1.29 is 0 Å². The lowest BCUT2D eigenvalue weighted by molar-refractivity contribution is 1.07. The molecule has 0 unspecified atom stereocenters. The normalized spacial score (nSPS) is 13.8. The maximum atomic E-state index is 3.66. The van der Waals surface area contributed by atoms with Gasteiger partial charge in [-0.05, 0) is 6.17 Å². The molecule has 10 heavy (non-hydrogen) atoms. The lowest BCUT2D eigenvalue weighted by Crippen LogP contribution is -2.49. The summed E-state index contributed by atoms with van der Waals surface area (Å²) in [7, 11) is -1.83. The van der Waals surface area contributed by atoms with Crippen LogP contribution in [0.5, 0.6) is 0 Å². The van der Waals surface area contributed by atoms with Gasteiger partial charge in [-0.3, -0.25) is 0 Å².